The number of nitrogens with zero attached hydrogens (tertiary/aromatic N) is 1. The second-order valence-electron chi connectivity index (χ2n) is 7.38. The average Bonchev–Trinajstić information content (AvgIpc) is 3.18. The second kappa shape index (κ2) is 8.22. The summed E-state index contributed by atoms with van der Waals surface area (Å²) in [6.07, 6.45) is 9.13. The monoisotopic (exact) mass is 398 g/mol. The van der Waals surface area contributed by atoms with Gasteiger partial charge in [-0.25, -0.2) is 4.39 Å². The van der Waals surface area contributed by atoms with Gasteiger partial charge in [0.2, 0.25) is 0 Å². The lowest BCUT2D eigenvalue weighted by molar-refractivity contribution is 0.0733. The molecule has 4 rings (SSSR count). The van der Waals surface area contributed by atoms with Crippen molar-refractivity contribution in [2.24, 2.45) is 0 Å². The van der Waals surface area contributed by atoms with Crippen molar-refractivity contribution in [2.75, 3.05) is 0 Å². The third-order valence-corrected chi connectivity index (χ3v) is 5.92. The van der Waals surface area contributed by atoms with E-state index < -0.39 is 6.10 Å². The fourth-order valence-corrected chi connectivity index (χ4v) is 4.53. The van der Waals surface area contributed by atoms with E-state index in [9.17, 15) is 9.50 Å². The van der Waals surface area contributed by atoms with Gasteiger partial charge < -0.3 is 10.4 Å². The predicted octanol–water partition coefficient (Wildman–Crippen LogP) is 4.39. The lowest BCUT2D eigenvalue weighted by Gasteiger charge is -2.32. The number of aliphatic hydroxyl groups excluding tert-OH is 1. The molecule has 26 heavy (non-hydrogen) atoms. The van der Waals surface area contributed by atoms with Crippen LogP contribution >= 0.6 is 24.8 Å². The summed E-state index contributed by atoms with van der Waals surface area (Å²) in [7, 11) is 0. The van der Waals surface area contributed by atoms with E-state index in [2.05, 4.69) is 16.4 Å². The molecule has 1 aromatic carbocycles. The van der Waals surface area contributed by atoms with Gasteiger partial charge in [-0.1, -0.05) is 18.2 Å². The van der Waals surface area contributed by atoms with Crippen molar-refractivity contribution in [3.8, 4) is 0 Å². The van der Waals surface area contributed by atoms with Gasteiger partial charge >= 0.3 is 0 Å². The molecular weight excluding hydrogens is 374 g/mol. The van der Waals surface area contributed by atoms with E-state index in [4.69, 9.17) is 0 Å². The first-order chi connectivity index (χ1) is 11.6. The van der Waals surface area contributed by atoms with Crippen LogP contribution in [-0.4, -0.2) is 21.2 Å². The van der Waals surface area contributed by atoms with Crippen LogP contribution in [0.2, 0.25) is 0 Å². The largest absolute Gasteiger partial charge is 0.386 e. The molecule has 0 radical (unpaired) electrons. The van der Waals surface area contributed by atoms with E-state index >= 15 is 0 Å². The third kappa shape index (κ3) is 3.89. The second-order valence-corrected chi connectivity index (χ2v) is 7.38. The number of hydrogen-bond acceptors (Lipinski definition) is 3. The first-order valence-corrected chi connectivity index (χ1v) is 8.73. The molecule has 2 fully saturated rings. The van der Waals surface area contributed by atoms with Gasteiger partial charge in [0.1, 0.15) is 5.82 Å². The van der Waals surface area contributed by atoms with E-state index in [-0.39, 0.29) is 41.7 Å². The predicted molar refractivity (Wildman–Crippen MR) is 105 cm³/mol. The average molecular weight is 399 g/mol. The zero-order valence-corrected chi connectivity index (χ0v) is 16.2. The Morgan fingerprint density at radius 2 is 1.88 bits per heavy atom. The molecule has 3 heterocycles. The van der Waals surface area contributed by atoms with Gasteiger partial charge in [0.05, 0.1) is 6.10 Å². The smallest absolute Gasteiger partial charge is 0.123 e. The van der Waals surface area contributed by atoms with Crippen LogP contribution in [0.3, 0.4) is 0 Å². The van der Waals surface area contributed by atoms with Crippen molar-refractivity contribution < 1.29 is 9.50 Å². The van der Waals surface area contributed by atoms with Crippen LogP contribution in [0.4, 0.5) is 4.39 Å². The van der Waals surface area contributed by atoms with E-state index in [1.165, 1.54) is 17.7 Å². The van der Waals surface area contributed by atoms with Crippen LogP contribution in [0.5, 0.6) is 0 Å². The Morgan fingerprint density at radius 1 is 1.12 bits per heavy atom. The summed E-state index contributed by atoms with van der Waals surface area (Å²) in [6, 6.07) is 10.4. The molecule has 2 aliphatic rings. The van der Waals surface area contributed by atoms with Gasteiger partial charge in [-0.15, -0.1) is 24.8 Å². The number of rotatable bonds is 5. The molecule has 1 aromatic heterocycles. The maximum Gasteiger partial charge on any atom is 0.123 e. The van der Waals surface area contributed by atoms with Crippen molar-refractivity contribution in [1.29, 1.82) is 0 Å². The molecule has 6 heteroatoms. The molecule has 2 aromatic rings. The minimum Gasteiger partial charge on any atom is -0.386 e. The molecule has 2 bridgehead atoms. The molecule has 0 amide bonds. The van der Waals surface area contributed by atoms with Crippen LogP contribution in [0.15, 0.2) is 48.8 Å². The third-order valence-electron chi connectivity index (χ3n) is 5.92. The zero-order valence-electron chi connectivity index (χ0n) is 14.5. The minimum absolute atomic E-state index is 0. The highest BCUT2D eigenvalue weighted by Gasteiger charge is 2.56. The fourth-order valence-electron chi connectivity index (χ4n) is 4.53. The number of aryl methyl sites for hydroxylation is 1. The van der Waals surface area contributed by atoms with Crippen LogP contribution in [0.25, 0.3) is 0 Å². The van der Waals surface area contributed by atoms with Crippen molar-refractivity contribution in [1.82, 2.24) is 10.3 Å². The highest BCUT2D eigenvalue weighted by molar-refractivity contribution is 5.85. The van der Waals surface area contributed by atoms with Gasteiger partial charge in [0, 0.05) is 23.5 Å². The lowest BCUT2D eigenvalue weighted by atomic mass is 9.76. The molecule has 2 N–H and O–H groups in total. The normalized spacial score (nSPS) is 27.5. The van der Waals surface area contributed by atoms with Crippen LogP contribution in [0, 0.1) is 5.82 Å². The standard InChI is InChI=1S/C20H23FN2O.2ClH/c21-17-5-1-4-16(13-17)18(24)20-10-8-19(23-20,9-11-20)7-6-15-3-2-12-22-14-15;;/h1-5,12-14,18,23-24H,6-11H2;2*1H/t18-,19?,20?;;/m1../s1. The van der Waals surface area contributed by atoms with Gasteiger partial charge in [-0.05, 0) is 67.9 Å². The van der Waals surface area contributed by atoms with E-state index in [0.717, 1.165) is 38.5 Å². The Kier molecular flexibility index (Phi) is 6.67. The van der Waals surface area contributed by atoms with Crippen LogP contribution in [0.1, 0.15) is 49.3 Å². The van der Waals surface area contributed by atoms with Crippen molar-refractivity contribution >= 4 is 24.8 Å². The van der Waals surface area contributed by atoms with Crippen molar-refractivity contribution in [3.05, 3.63) is 65.7 Å². The number of hydrogen-bond donors (Lipinski definition) is 2. The molecule has 3 nitrogen and oxygen atoms in total. The summed E-state index contributed by atoms with van der Waals surface area (Å²) in [5.41, 5.74) is 1.73. The lowest BCUT2D eigenvalue weighted by Crippen LogP contribution is -2.46. The number of halogens is 3. The molecule has 2 aliphatic heterocycles. The molecule has 2 saturated heterocycles. The maximum atomic E-state index is 13.5. The summed E-state index contributed by atoms with van der Waals surface area (Å²) in [5, 5.41) is 14.6. The number of aromatic nitrogens is 1. The highest BCUT2D eigenvalue weighted by atomic mass is 35.5. The van der Waals surface area contributed by atoms with Crippen molar-refractivity contribution in [3.63, 3.8) is 0 Å². The Balaban J connectivity index is 0.00000121. The first kappa shape index (κ1) is 21.1. The number of pyridine rings is 1. The summed E-state index contributed by atoms with van der Waals surface area (Å²) >= 11 is 0. The quantitative estimate of drug-likeness (QED) is 0.784. The van der Waals surface area contributed by atoms with Gasteiger partial charge in [0.15, 0.2) is 0 Å². The molecule has 0 unspecified atom stereocenters. The maximum absolute atomic E-state index is 13.5. The summed E-state index contributed by atoms with van der Waals surface area (Å²) in [5.74, 6) is -0.290. The SMILES string of the molecule is Cl.Cl.O[C@H](c1cccc(F)c1)C12CCC(CCc3cccnc3)(CC1)N2. The number of nitrogens with one attached hydrogen (secondary N) is 1. The summed E-state index contributed by atoms with van der Waals surface area (Å²) < 4.78 is 13.5. The topological polar surface area (TPSA) is 45.2 Å². The van der Waals surface area contributed by atoms with E-state index in [1.54, 1.807) is 12.3 Å². The van der Waals surface area contributed by atoms with E-state index in [1.807, 2.05) is 18.3 Å². The zero-order chi connectivity index (χ0) is 16.6. The van der Waals surface area contributed by atoms with Crippen LogP contribution in [-0.2, 0) is 6.42 Å². The number of fused-ring (bicyclic) bond motifs is 2. The number of aliphatic hydroxyl groups is 1. The highest BCUT2D eigenvalue weighted by Crippen LogP contribution is 2.52. The molecule has 0 saturated carbocycles. The van der Waals surface area contributed by atoms with Crippen molar-refractivity contribution in [2.45, 2.75) is 55.7 Å². The molecular formula is C20H25Cl2FN2O. The van der Waals surface area contributed by atoms with Crippen LogP contribution < -0.4 is 5.32 Å². The molecule has 0 aliphatic carbocycles. The van der Waals surface area contributed by atoms with E-state index in [0.29, 0.717) is 5.56 Å². The van der Waals surface area contributed by atoms with Gasteiger partial charge in [0.25, 0.3) is 0 Å². The molecule has 0 spiro atoms. The molecule has 1 atom stereocenters. The number of benzene rings is 1. The summed E-state index contributed by atoms with van der Waals surface area (Å²) in [4.78, 5) is 4.18. The molecule has 142 valence electrons. The Hall–Kier alpha value is -1.20. The fraction of sp³-hybridized carbons (Fsp3) is 0.450. The Morgan fingerprint density at radius 3 is 2.54 bits per heavy atom. The van der Waals surface area contributed by atoms with Gasteiger partial charge in [-0.3, -0.25) is 4.98 Å². The summed E-state index contributed by atoms with van der Waals surface area (Å²) in [6.45, 7) is 0. The Bertz CT molecular complexity index is 721. The minimum atomic E-state index is -0.657. The Labute approximate surface area is 166 Å². The first-order valence-electron chi connectivity index (χ1n) is 8.73. The van der Waals surface area contributed by atoms with Gasteiger partial charge in [-0.2, -0.15) is 0 Å².